The lowest BCUT2D eigenvalue weighted by Gasteiger charge is -2.11. The van der Waals surface area contributed by atoms with E-state index < -0.39 is 0 Å². The fraction of sp³-hybridized carbons (Fsp3) is 0.0400. The van der Waals surface area contributed by atoms with E-state index in [0.717, 1.165) is 5.75 Å². The van der Waals surface area contributed by atoms with Crippen molar-refractivity contribution in [3.05, 3.63) is 115 Å². The summed E-state index contributed by atoms with van der Waals surface area (Å²) >= 11 is 0. The largest absolute Gasteiger partial charge is 0.489 e. The van der Waals surface area contributed by atoms with Crippen LogP contribution in [-0.2, 0) is 6.61 Å². The molecule has 0 spiro atoms. The first kappa shape index (κ1) is 16.2. The zero-order chi connectivity index (χ0) is 17.6. The Bertz CT molecular complexity index is 958. The zero-order valence-corrected chi connectivity index (χ0v) is 14.5. The molecular formula is C25H20O. The van der Waals surface area contributed by atoms with Crippen LogP contribution in [0, 0.1) is 0 Å². The Hall–Kier alpha value is -3.32. The first-order chi connectivity index (χ1) is 12.9. The van der Waals surface area contributed by atoms with Crippen molar-refractivity contribution in [2.75, 3.05) is 0 Å². The molecule has 1 nitrogen and oxygen atoms in total. The molecule has 126 valence electrons. The molecule has 26 heavy (non-hydrogen) atoms. The highest BCUT2D eigenvalue weighted by Crippen LogP contribution is 2.32. The van der Waals surface area contributed by atoms with Crippen molar-refractivity contribution in [3.63, 3.8) is 0 Å². The summed E-state index contributed by atoms with van der Waals surface area (Å²) in [6.45, 7) is 0.584. The fourth-order valence-corrected chi connectivity index (χ4v) is 3.08. The molecule has 0 unspecified atom stereocenters. The van der Waals surface area contributed by atoms with Crippen LogP contribution in [0.1, 0.15) is 5.56 Å². The maximum Gasteiger partial charge on any atom is 0.119 e. The van der Waals surface area contributed by atoms with E-state index in [2.05, 4.69) is 72.8 Å². The molecule has 0 aliphatic rings. The monoisotopic (exact) mass is 336 g/mol. The van der Waals surface area contributed by atoms with Gasteiger partial charge in [0, 0.05) is 0 Å². The van der Waals surface area contributed by atoms with Gasteiger partial charge in [0.05, 0.1) is 0 Å². The Morgan fingerprint density at radius 3 is 1.58 bits per heavy atom. The lowest BCUT2D eigenvalue weighted by Crippen LogP contribution is -1.94. The van der Waals surface area contributed by atoms with Crippen molar-refractivity contribution in [1.29, 1.82) is 0 Å². The van der Waals surface area contributed by atoms with Gasteiger partial charge in [0.2, 0.25) is 0 Å². The topological polar surface area (TPSA) is 9.23 Å². The van der Waals surface area contributed by atoms with Crippen LogP contribution in [0.3, 0.4) is 0 Å². The van der Waals surface area contributed by atoms with Crippen LogP contribution in [0.4, 0.5) is 0 Å². The van der Waals surface area contributed by atoms with E-state index in [9.17, 15) is 0 Å². The molecule has 4 aromatic carbocycles. The standard InChI is InChI=1S/C25H20O/c1-3-9-20(10-4-1)19-26-23-17-15-22(16-18-23)25-14-8-7-13-24(25)21-11-5-2-6-12-21/h1-18H,19H2. The van der Waals surface area contributed by atoms with Gasteiger partial charge in [0.25, 0.3) is 0 Å². The van der Waals surface area contributed by atoms with E-state index in [4.69, 9.17) is 4.74 Å². The average molecular weight is 336 g/mol. The highest BCUT2D eigenvalue weighted by atomic mass is 16.5. The third kappa shape index (κ3) is 3.68. The van der Waals surface area contributed by atoms with Gasteiger partial charge in [-0.1, -0.05) is 97.1 Å². The molecule has 0 aliphatic heterocycles. The van der Waals surface area contributed by atoms with Crippen LogP contribution >= 0.6 is 0 Å². The Balaban J connectivity index is 1.56. The number of rotatable bonds is 5. The van der Waals surface area contributed by atoms with Crippen molar-refractivity contribution < 1.29 is 4.74 Å². The number of hydrogen-bond donors (Lipinski definition) is 0. The normalized spacial score (nSPS) is 10.5. The first-order valence-corrected chi connectivity index (χ1v) is 8.82. The molecule has 0 radical (unpaired) electrons. The fourth-order valence-electron chi connectivity index (χ4n) is 3.08. The van der Waals surface area contributed by atoms with Crippen molar-refractivity contribution in [2.45, 2.75) is 6.61 Å². The molecule has 4 aromatic rings. The van der Waals surface area contributed by atoms with Crippen LogP contribution in [0.5, 0.6) is 5.75 Å². The van der Waals surface area contributed by atoms with Gasteiger partial charge in [-0.2, -0.15) is 0 Å². The number of hydrogen-bond acceptors (Lipinski definition) is 1. The molecule has 0 saturated carbocycles. The maximum absolute atomic E-state index is 5.90. The van der Waals surface area contributed by atoms with Crippen molar-refractivity contribution in [3.8, 4) is 28.0 Å². The minimum absolute atomic E-state index is 0.584. The molecule has 0 saturated heterocycles. The van der Waals surface area contributed by atoms with Gasteiger partial charge in [0.15, 0.2) is 0 Å². The van der Waals surface area contributed by atoms with Gasteiger partial charge >= 0.3 is 0 Å². The second-order valence-corrected chi connectivity index (χ2v) is 6.21. The summed E-state index contributed by atoms with van der Waals surface area (Å²) in [5.74, 6) is 0.884. The Morgan fingerprint density at radius 2 is 0.962 bits per heavy atom. The first-order valence-electron chi connectivity index (χ1n) is 8.82. The molecule has 0 heterocycles. The average Bonchev–Trinajstić information content (AvgIpc) is 2.74. The summed E-state index contributed by atoms with van der Waals surface area (Å²) in [6, 6.07) is 37.6. The number of ether oxygens (including phenoxy) is 1. The molecule has 0 fully saturated rings. The minimum atomic E-state index is 0.584. The van der Waals surface area contributed by atoms with Gasteiger partial charge in [-0.15, -0.1) is 0 Å². The van der Waals surface area contributed by atoms with E-state index in [1.165, 1.54) is 27.8 Å². The second kappa shape index (κ2) is 7.71. The summed E-state index contributed by atoms with van der Waals surface area (Å²) in [6.07, 6.45) is 0. The van der Waals surface area contributed by atoms with Gasteiger partial charge in [-0.05, 0) is 39.9 Å². The van der Waals surface area contributed by atoms with Gasteiger partial charge < -0.3 is 4.74 Å². The number of benzene rings is 4. The Labute approximate surface area is 154 Å². The smallest absolute Gasteiger partial charge is 0.119 e. The van der Waals surface area contributed by atoms with Crippen molar-refractivity contribution in [2.24, 2.45) is 0 Å². The maximum atomic E-state index is 5.90. The van der Waals surface area contributed by atoms with E-state index >= 15 is 0 Å². The SMILES string of the molecule is c1ccc(COc2ccc(-c3ccccc3-c3ccccc3)cc2)cc1. The predicted octanol–water partition coefficient (Wildman–Crippen LogP) is 6.60. The molecule has 0 N–H and O–H groups in total. The lowest BCUT2D eigenvalue weighted by atomic mass is 9.95. The molecule has 0 aromatic heterocycles. The summed E-state index contributed by atoms with van der Waals surface area (Å²) in [5.41, 5.74) is 6.06. The summed E-state index contributed by atoms with van der Waals surface area (Å²) in [4.78, 5) is 0. The van der Waals surface area contributed by atoms with E-state index in [1.807, 2.05) is 36.4 Å². The molecule has 0 aliphatic carbocycles. The van der Waals surface area contributed by atoms with Crippen LogP contribution in [-0.4, -0.2) is 0 Å². The minimum Gasteiger partial charge on any atom is -0.489 e. The molecule has 4 rings (SSSR count). The summed E-state index contributed by atoms with van der Waals surface area (Å²) in [7, 11) is 0. The molecule has 1 heteroatoms. The van der Waals surface area contributed by atoms with E-state index in [0.29, 0.717) is 6.61 Å². The molecule has 0 atom stereocenters. The van der Waals surface area contributed by atoms with Crippen LogP contribution in [0.15, 0.2) is 109 Å². The van der Waals surface area contributed by atoms with Crippen molar-refractivity contribution >= 4 is 0 Å². The van der Waals surface area contributed by atoms with Gasteiger partial charge in [-0.3, -0.25) is 0 Å². The van der Waals surface area contributed by atoms with Crippen LogP contribution < -0.4 is 4.74 Å². The Kier molecular flexibility index (Phi) is 4.79. The highest BCUT2D eigenvalue weighted by Gasteiger charge is 2.07. The molecule has 0 bridgehead atoms. The van der Waals surface area contributed by atoms with E-state index in [1.54, 1.807) is 0 Å². The van der Waals surface area contributed by atoms with Crippen LogP contribution in [0.25, 0.3) is 22.3 Å². The highest BCUT2D eigenvalue weighted by molar-refractivity contribution is 5.83. The van der Waals surface area contributed by atoms with Gasteiger partial charge in [0.1, 0.15) is 12.4 Å². The Morgan fingerprint density at radius 1 is 0.462 bits per heavy atom. The summed E-state index contributed by atoms with van der Waals surface area (Å²) in [5, 5.41) is 0. The van der Waals surface area contributed by atoms with Gasteiger partial charge in [-0.25, -0.2) is 0 Å². The van der Waals surface area contributed by atoms with Crippen molar-refractivity contribution in [1.82, 2.24) is 0 Å². The molecular weight excluding hydrogens is 316 g/mol. The third-order valence-corrected chi connectivity index (χ3v) is 4.43. The second-order valence-electron chi connectivity index (χ2n) is 6.21. The summed E-state index contributed by atoms with van der Waals surface area (Å²) < 4.78 is 5.90. The third-order valence-electron chi connectivity index (χ3n) is 4.43. The molecule has 0 amide bonds. The van der Waals surface area contributed by atoms with E-state index in [-0.39, 0.29) is 0 Å². The predicted molar refractivity (Wildman–Crippen MR) is 108 cm³/mol. The quantitative estimate of drug-likeness (QED) is 0.399. The zero-order valence-electron chi connectivity index (χ0n) is 14.5. The van der Waals surface area contributed by atoms with Crippen LogP contribution in [0.2, 0.25) is 0 Å². The lowest BCUT2D eigenvalue weighted by molar-refractivity contribution is 0.306.